The van der Waals surface area contributed by atoms with E-state index in [1.807, 2.05) is 0 Å². The van der Waals surface area contributed by atoms with Gasteiger partial charge in [-0.1, -0.05) is 6.92 Å². The average Bonchev–Trinajstić information content (AvgIpc) is 2.44. The van der Waals surface area contributed by atoms with Crippen LogP contribution in [0.5, 0.6) is 0 Å². The molecule has 0 saturated heterocycles. The first kappa shape index (κ1) is 16.6. The molecule has 1 aromatic rings. The van der Waals surface area contributed by atoms with Crippen LogP contribution in [0.25, 0.3) is 6.08 Å². The number of nitro groups is 1. The van der Waals surface area contributed by atoms with Crippen LogP contribution in [0.3, 0.4) is 0 Å². The molecule has 6 heteroatoms. The van der Waals surface area contributed by atoms with Crippen molar-refractivity contribution in [2.45, 2.75) is 20.8 Å². The van der Waals surface area contributed by atoms with Gasteiger partial charge in [0.05, 0.1) is 10.8 Å². The summed E-state index contributed by atoms with van der Waals surface area (Å²) in [6.45, 7) is 4.67. The summed E-state index contributed by atoms with van der Waals surface area (Å²) < 4.78 is 4.81. The van der Waals surface area contributed by atoms with Gasteiger partial charge in [0.1, 0.15) is 6.61 Å². The SMILES string of the molecule is CC(=O)OCC(C)C(=O)/C(C)=C/c1ccc([N+](=O)[O-])cc1. The Labute approximate surface area is 122 Å². The van der Waals surface area contributed by atoms with Gasteiger partial charge in [0.15, 0.2) is 5.78 Å². The third-order valence-electron chi connectivity index (χ3n) is 2.86. The Balaban J connectivity index is 2.76. The minimum absolute atomic E-state index is 0.000596. The fourth-order valence-electron chi connectivity index (χ4n) is 1.72. The number of carbonyl (C=O) groups excluding carboxylic acids is 2. The molecule has 112 valence electrons. The summed E-state index contributed by atoms with van der Waals surface area (Å²) in [5.74, 6) is -0.982. The maximum absolute atomic E-state index is 12.1. The van der Waals surface area contributed by atoms with Crippen LogP contribution in [-0.2, 0) is 14.3 Å². The lowest BCUT2D eigenvalue weighted by atomic mass is 9.99. The van der Waals surface area contributed by atoms with E-state index in [1.54, 1.807) is 32.1 Å². The summed E-state index contributed by atoms with van der Waals surface area (Å²) in [5.41, 5.74) is 1.20. The molecule has 0 aliphatic rings. The van der Waals surface area contributed by atoms with Crippen LogP contribution in [-0.4, -0.2) is 23.3 Å². The number of benzene rings is 1. The summed E-state index contributed by atoms with van der Waals surface area (Å²) in [7, 11) is 0. The fourth-order valence-corrected chi connectivity index (χ4v) is 1.72. The zero-order valence-corrected chi connectivity index (χ0v) is 12.2. The van der Waals surface area contributed by atoms with Crippen molar-refractivity contribution in [1.29, 1.82) is 0 Å². The van der Waals surface area contributed by atoms with E-state index >= 15 is 0 Å². The molecule has 0 N–H and O–H groups in total. The normalized spacial score (nSPS) is 12.6. The molecular weight excluding hydrogens is 274 g/mol. The van der Waals surface area contributed by atoms with Crippen LogP contribution in [0.4, 0.5) is 5.69 Å². The molecule has 0 bridgehead atoms. The van der Waals surface area contributed by atoms with Crippen LogP contribution in [0.15, 0.2) is 29.8 Å². The molecular formula is C15H17NO5. The highest BCUT2D eigenvalue weighted by Gasteiger charge is 2.16. The minimum atomic E-state index is -0.479. The number of nitro benzene ring substituents is 1. The number of carbonyl (C=O) groups is 2. The summed E-state index contributed by atoms with van der Waals surface area (Å²) in [6.07, 6.45) is 1.65. The Morgan fingerprint density at radius 2 is 1.86 bits per heavy atom. The van der Waals surface area contributed by atoms with E-state index in [1.165, 1.54) is 19.1 Å². The van der Waals surface area contributed by atoms with Gasteiger partial charge in [-0.15, -0.1) is 0 Å². The average molecular weight is 291 g/mol. The fraction of sp³-hybridized carbons (Fsp3) is 0.333. The van der Waals surface area contributed by atoms with Crippen molar-refractivity contribution in [3.8, 4) is 0 Å². The van der Waals surface area contributed by atoms with Gasteiger partial charge in [0.25, 0.3) is 5.69 Å². The highest BCUT2D eigenvalue weighted by Crippen LogP contribution is 2.16. The standard InChI is InChI=1S/C15H17NO5/c1-10(15(18)11(2)9-21-12(3)17)8-13-4-6-14(7-5-13)16(19)20/h4-8,11H,9H2,1-3H3/b10-8+. The van der Waals surface area contributed by atoms with Crippen LogP contribution >= 0.6 is 0 Å². The van der Waals surface area contributed by atoms with Crippen LogP contribution in [0.2, 0.25) is 0 Å². The largest absolute Gasteiger partial charge is 0.465 e. The number of non-ortho nitro benzene ring substituents is 1. The molecule has 1 unspecified atom stereocenters. The number of rotatable bonds is 6. The van der Waals surface area contributed by atoms with Crippen molar-refractivity contribution in [3.05, 3.63) is 45.5 Å². The van der Waals surface area contributed by atoms with E-state index < -0.39 is 16.8 Å². The van der Waals surface area contributed by atoms with Crippen LogP contribution in [0.1, 0.15) is 26.3 Å². The van der Waals surface area contributed by atoms with Gasteiger partial charge in [-0.2, -0.15) is 0 Å². The van der Waals surface area contributed by atoms with Crippen molar-refractivity contribution < 1.29 is 19.2 Å². The van der Waals surface area contributed by atoms with Crippen molar-refractivity contribution >= 4 is 23.5 Å². The number of ether oxygens (including phenoxy) is 1. The van der Waals surface area contributed by atoms with E-state index in [2.05, 4.69) is 0 Å². The molecule has 0 radical (unpaired) electrons. The molecule has 0 saturated carbocycles. The van der Waals surface area contributed by atoms with Crippen molar-refractivity contribution in [2.75, 3.05) is 6.61 Å². The third kappa shape index (κ3) is 5.18. The summed E-state index contributed by atoms with van der Waals surface area (Å²) in [6, 6.07) is 5.91. The molecule has 0 aliphatic carbocycles. The van der Waals surface area contributed by atoms with Crippen LogP contribution < -0.4 is 0 Å². The van der Waals surface area contributed by atoms with Crippen LogP contribution in [0, 0.1) is 16.0 Å². The van der Waals surface area contributed by atoms with Gasteiger partial charge in [-0.3, -0.25) is 19.7 Å². The second kappa shape index (κ2) is 7.33. The lowest BCUT2D eigenvalue weighted by Gasteiger charge is -2.10. The predicted octanol–water partition coefficient (Wildman–Crippen LogP) is 2.77. The van der Waals surface area contributed by atoms with Gasteiger partial charge in [-0.25, -0.2) is 0 Å². The number of hydrogen-bond donors (Lipinski definition) is 0. The smallest absolute Gasteiger partial charge is 0.302 e. The Hall–Kier alpha value is -2.50. The monoisotopic (exact) mass is 291 g/mol. The maximum Gasteiger partial charge on any atom is 0.302 e. The van der Waals surface area contributed by atoms with Crippen molar-refractivity contribution in [3.63, 3.8) is 0 Å². The second-order valence-corrected chi connectivity index (χ2v) is 4.74. The molecule has 0 aliphatic heterocycles. The number of esters is 1. The van der Waals surface area contributed by atoms with E-state index in [-0.39, 0.29) is 18.1 Å². The molecule has 0 amide bonds. The molecule has 0 fully saturated rings. The van der Waals surface area contributed by atoms with E-state index in [4.69, 9.17) is 4.74 Å². The third-order valence-corrected chi connectivity index (χ3v) is 2.86. The Kier molecular flexibility index (Phi) is 5.78. The predicted molar refractivity (Wildman–Crippen MR) is 77.6 cm³/mol. The zero-order valence-electron chi connectivity index (χ0n) is 12.2. The number of allylic oxidation sites excluding steroid dienone is 1. The summed E-state index contributed by atoms with van der Waals surface area (Å²) in [5, 5.41) is 10.6. The minimum Gasteiger partial charge on any atom is -0.465 e. The molecule has 6 nitrogen and oxygen atoms in total. The molecule has 1 atom stereocenters. The molecule has 1 aromatic carbocycles. The molecule has 0 spiro atoms. The first-order chi connectivity index (χ1) is 9.81. The lowest BCUT2D eigenvalue weighted by Crippen LogP contribution is -2.19. The molecule has 0 aromatic heterocycles. The van der Waals surface area contributed by atoms with Gasteiger partial charge < -0.3 is 4.74 Å². The second-order valence-electron chi connectivity index (χ2n) is 4.74. The Morgan fingerprint density at radius 1 is 1.29 bits per heavy atom. The zero-order chi connectivity index (χ0) is 16.0. The first-order valence-electron chi connectivity index (χ1n) is 6.41. The van der Waals surface area contributed by atoms with Crippen molar-refractivity contribution in [2.24, 2.45) is 5.92 Å². The van der Waals surface area contributed by atoms with Gasteiger partial charge in [0.2, 0.25) is 0 Å². The summed E-state index contributed by atoms with van der Waals surface area (Å²) >= 11 is 0. The van der Waals surface area contributed by atoms with E-state index in [9.17, 15) is 19.7 Å². The topological polar surface area (TPSA) is 86.5 Å². The van der Waals surface area contributed by atoms with Crippen molar-refractivity contribution in [1.82, 2.24) is 0 Å². The molecule has 21 heavy (non-hydrogen) atoms. The molecule has 1 rings (SSSR count). The highest BCUT2D eigenvalue weighted by molar-refractivity contribution is 6.00. The Bertz CT molecular complexity index is 574. The van der Waals surface area contributed by atoms with E-state index in [0.29, 0.717) is 11.1 Å². The number of nitrogens with zero attached hydrogens (tertiary/aromatic N) is 1. The number of hydrogen-bond acceptors (Lipinski definition) is 5. The van der Waals surface area contributed by atoms with Gasteiger partial charge in [0, 0.05) is 19.1 Å². The highest BCUT2D eigenvalue weighted by atomic mass is 16.6. The van der Waals surface area contributed by atoms with E-state index in [0.717, 1.165) is 0 Å². The maximum atomic E-state index is 12.1. The first-order valence-corrected chi connectivity index (χ1v) is 6.41. The summed E-state index contributed by atoms with van der Waals surface area (Å²) in [4.78, 5) is 32.9. The van der Waals surface area contributed by atoms with Gasteiger partial charge >= 0.3 is 5.97 Å². The quantitative estimate of drug-likeness (QED) is 0.348. The number of ketones is 1. The lowest BCUT2D eigenvalue weighted by molar-refractivity contribution is -0.384. The van der Waals surface area contributed by atoms with Gasteiger partial charge in [-0.05, 0) is 36.3 Å². The molecule has 0 heterocycles. The number of Topliss-reactive ketones (excluding diaryl/α,β-unsaturated/α-hetero) is 1. The Morgan fingerprint density at radius 3 is 2.33 bits per heavy atom.